The number of nitrogen functional groups attached to an aromatic ring is 1. The third kappa shape index (κ3) is 1.77. The van der Waals surface area contributed by atoms with Gasteiger partial charge in [0.05, 0.1) is 6.10 Å². The van der Waals surface area contributed by atoms with Gasteiger partial charge in [-0.05, 0) is 49.9 Å². The molecule has 1 saturated carbocycles. The summed E-state index contributed by atoms with van der Waals surface area (Å²) in [5.41, 5.74) is 7.58. The molecule has 70 valence electrons. The fraction of sp³-hybridized carbons (Fsp3) is 0.455. The van der Waals surface area contributed by atoms with E-state index in [1.807, 2.05) is 25.1 Å². The van der Waals surface area contributed by atoms with E-state index < -0.39 is 0 Å². The molecule has 2 rings (SSSR count). The minimum Gasteiger partial charge on any atom is -0.490 e. The molecular formula is C11H15NO. The van der Waals surface area contributed by atoms with E-state index in [9.17, 15) is 0 Å². The number of nitrogens with two attached hydrogens (primary N) is 1. The smallest absolute Gasteiger partial charge is 0.122 e. The molecule has 0 saturated heterocycles. The summed E-state index contributed by atoms with van der Waals surface area (Å²) in [6.45, 7) is 2.03. The predicted octanol–water partition coefficient (Wildman–Crippen LogP) is 2.51. The molecule has 1 fully saturated rings. The Balaban J connectivity index is 2.10. The normalized spacial score (nSPS) is 16.7. The Morgan fingerprint density at radius 2 is 2.15 bits per heavy atom. The van der Waals surface area contributed by atoms with E-state index in [-0.39, 0.29) is 0 Å². The average molecular weight is 177 g/mol. The number of anilines is 1. The summed E-state index contributed by atoms with van der Waals surface area (Å²) >= 11 is 0. The molecule has 2 nitrogen and oxygen atoms in total. The fourth-order valence-electron chi connectivity index (χ4n) is 1.47. The largest absolute Gasteiger partial charge is 0.490 e. The van der Waals surface area contributed by atoms with E-state index in [0.29, 0.717) is 6.10 Å². The van der Waals surface area contributed by atoms with Crippen LogP contribution >= 0.6 is 0 Å². The average Bonchev–Trinajstić information content (AvgIpc) is 1.99. The van der Waals surface area contributed by atoms with Crippen LogP contribution in [0.25, 0.3) is 0 Å². The van der Waals surface area contributed by atoms with Crippen molar-refractivity contribution in [1.82, 2.24) is 0 Å². The van der Waals surface area contributed by atoms with Crippen molar-refractivity contribution in [2.45, 2.75) is 32.3 Å². The second-order valence-corrected chi connectivity index (χ2v) is 3.70. The lowest BCUT2D eigenvalue weighted by Gasteiger charge is -2.27. The van der Waals surface area contributed by atoms with Crippen molar-refractivity contribution in [3.8, 4) is 5.75 Å². The molecule has 0 aliphatic heterocycles. The Kier molecular flexibility index (Phi) is 2.13. The van der Waals surface area contributed by atoms with Crippen molar-refractivity contribution >= 4 is 5.69 Å². The van der Waals surface area contributed by atoms with Crippen molar-refractivity contribution in [3.63, 3.8) is 0 Å². The molecule has 0 heterocycles. The van der Waals surface area contributed by atoms with Gasteiger partial charge in [0.2, 0.25) is 0 Å². The Labute approximate surface area is 78.7 Å². The van der Waals surface area contributed by atoms with Crippen LogP contribution in [0.5, 0.6) is 5.75 Å². The van der Waals surface area contributed by atoms with Gasteiger partial charge in [-0.15, -0.1) is 0 Å². The van der Waals surface area contributed by atoms with Crippen LogP contribution in [0.1, 0.15) is 24.8 Å². The summed E-state index contributed by atoms with van der Waals surface area (Å²) in [5.74, 6) is 0.985. The number of rotatable bonds is 2. The van der Waals surface area contributed by atoms with Crippen LogP contribution in [0.2, 0.25) is 0 Å². The number of aryl methyl sites for hydroxylation is 1. The molecule has 0 radical (unpaired) electrons. The highest BCUT2D eigenvalue weighted by atomic mass is 16.5. The standard InChI is InChI=1S/C11H15NO/c1-8-7-9(12)5-6-11(8)13-10-3-2-4-10/h5-7,10H,2-4,12H2,1H3. The molecule has 1 aromatic rings. The lowest BCUT2D eigenvalue weighted by atomic mass is 9.96. The summed E-state index contributed by atoms with van der Waals surface area (Å²) in [7, 11) is 0. The summed E-state index contributed by atoms with van der Waals surface area (Å²) < 4.78 is 5.78. The minimum absolute atomic E-state index is 0.447. The van der Waals surface area contributed by atoms with Gasteiger partial charge in [-0.3, -0.25) is 0 Å². The van der Waals surface area contributed by atoms with Crippen LogP contribution in [-0.4, -0.2) is 6.10 Å². The van der Waals surface area contributed by atoms with Gasteiger partial charge in [0, 0.05) is 5.69 Å². The zero-order valence-electron chi connectivity index (χ0n) is 7.92. The maximum Gasteiger partial charge on any atom is 0.122 e. The lowest BCUT2D eigenvalue weighted by molar-refractivity contribution is 0.119. The zero-order chi connectivity index (χ0) is 9.26. The Morgan fingerprint density at radius 1 is 1.38 bits per heavy atom. The van der Waals surface area contributed by atoms with Gasteiger partial charge < -0.3 is 10.5 Å². The van der Waals surface area contributed by atoms with Gasteiger partial charge in [-0.2, -0.15) is 0 Å². The third-order valence-electron chi connectivity index (χ3n) is 2.54. The highest BCUT2D eigenvalue weighted by Gasteiger charge is 2.19. The summed E-state index contributed by atoms with van der Waals surface area (Å²) in [6.07, 6.45) is 4.15. The fourth-order valence-corrected chi connectivity index (χ4v) is 1.47. The molecule has 0 atom stereocenters. The molecule has 1 aliphatic rings. The highest BCUT2D eigenvalue weighted by molar-refractivity contribution is 5.47. The lowest BCUT2D eigenvalue weighted by Crippen LogP contribution is -2.24. The van der Waals surface area contributed by atoms with Gasteiger partial charge in [0.15, 0.2) is 0 Å². The van der Waals surface area contributed by atoms with Gasteiger partial charge in [0.25, 0.3) is 0 Å². The first-order valence-electron chi connectivity index (χ1n) is 4.78. The maximum atomic E-state index is 5.78. The van der Waals surface area contributed by atoms with Gasteiger partial charge >= 0.3 is 0 Å². The Bertz CT molecular complexity index is 305. The minimum atomic E-state index is 0.447. The molecule has 2 N–H and O–H groups in total. The predicted molar refractivity (Wildman–Crippen MR) is 53.9 cm³/mol. The second kappa shape index (κ2) is 3.29. The van der Waals surface area contributed by atoms with Gasteiger partial charge in [-0.25, -0.2) is 0 Å². The van der Waals surface area contributed by atoms with Crippen molar-refractivity contribution in [3.05, 3.63) is 23.8 Å². The zero-order valence-corrected chi connectivity index (χ0v) is 7.92. The maximum absolute atomic E-state index is 5.78. The molecule has 0 unspecified atom stereocenters. The first-order valence-corrected chi connectivity index (χ1v) is 4.78. The number of hydrogen-bond acceptors (Lipinski definition) is 2. The summed E-state index contributed by atoms with van der Waals surface area (Å²) in [5, 5.41) is 0. The quantitative estimate of drug-likeness (QED) is 0.704. The van der Waals surface area contributed by atoms with Crippen molar-refractivity contribution < 1.29 is 4.74 Å². The first kappa shape index (κ1) is 8.42. The van der Waals surface area contributed by atoms with E-state index in [4.69, 9.17) is 10.5 Å². The molecule has 1 aliphatic carbocycles. The van der Waals surface area contributed by atoms with Gasteiger partial charge in [-0.1, -0.05) is 0 Å². The van der Waals surface area contributed by atoms with Crippen LogP contribution in [0.3, 0.4) is 0 Å². The van der Waals surface area contributed by atoms with Crippen molar-refractivity contribution in [1.29, 1.82) is 0 Å². The van der Waals surface area contributed by atoms with E-state index in [0.717, 1.165) is 17.0 Å². The van der Waals surface area contributed by atoms with Crippen LogP contribution in [-0.2, 0) is 0 Å². The van der Waals surface area contributed by atoms with Crippen molar-refractivity contribution in [2.75, 3.05) is 5.73 Å². The summed E-state index contributed by atoms with van der Waals surface area (Å²) in [6, 6.07) is 5.80. The molecule has 1 aromatic carbocycles. The van der Waals surface area contributed by atoms with Crippen LogP contribution in [0.15, 0.2) is 18.2 Å². The first-order chi connectivity index (χ1) is 6.25. The van der Waals surface area contributed by atoms with Crippen LogP contribution < -0.4 is 10.5 Å². The topological polar surface area (TPSA) is 35.2 Å². The molecule has 0 aromatic heterocycles. The van der Waals surface area contributed by atoms with E-state index in [1.54, 1.807) is 0 Å². The molecule has 13 heavy (non-hydrogen) atoms. The highest BCUT2D eigenvalue weighted by Crippen LogP contribution is 2.28. The molecular weight excluding hydrogens is 162 g/mol. The second-order valence-electron chi connectivity index (χ2n) is 3.70. The number of hydrogen-bond donors (Lipinski definition) is 1. The molecule has 0 amide bonds. The van der Waals surface area contributed by atoms with E-state index in [2.05, 4.69) is 0 Å². The van der Waals surface area contributed by atoms with E-state index >= 15 is 0 Å². The van der Waals surface area contributed by atoms with Crippen molar-refractivity contribution in [2.24, 2.45) is 0 Å². The van der Waals surface area contributed by atoms with Gasteiger partial charge in [0.1, 0.15) is 5.75 Å². The Morgan fingerprint density at radius 3 is 2.69 bits per heavy atom. The Hall–Kier alpha value is -1.18. The third-order valence-corrected chi connectivity index (χ3v) is 2.54. The SMILES string of the molecule is Cc1cc(N)ccc1OC1CCC1. The monoisotopic (exact) mass is 177 g/mol. The molecule has 0 spiro atoms. The van der Waals surface area contributed by atoms with E-state index in [1.165, 1.54) is 19.3 Å². The number of ether oxygens (including phenoxy) is 1. The molecule has 2 heteroatoms. The van der Waals surface area contributed by atoms with Crippen LogP contribution in [0.4, 0.5) is 5.69 Å². The summed E-state index contributed by atoms with van der Waals surface area (Å²) in [4.78, 5) is 0. The van der Waals surface area contributed by atoms with Crippen LogP contribution in [0, 0.1) is 6.92 Å². The number of benzene rings is 1. The molecule has 0 bridgehead atoms.